The summed E-state index contributed by atoms with van der Waals surface area (Å²) in [5.41, 5.74) is 8.23. The molecule has 167 valence electrons. The monoisotopic (exact) mass is 478 g/mol. The fourth-order valence-electron chi connectivity index (χ4n) is 3.93. The number of rotatable bonds is 4. The maximum Gasteiger partial charge on any atom is 0.255 e. The van der Waals surface area contributed by atoms with E-state index in [-0.39, 0.29) is 17.2 Å². The maximum atomic E-state index is 12.3. The SMILES string of the molecule is C=CC(=O)N1CC[C@]([Si])(n2nc(C#Cc3cc4ncn(C)c4cc3Cl)c(C(N)=O)c2NC)C1. The van der Waals surface area contributed by atoms with Crippen LogP contribution in [0.2, 0.25) is 5.02 Å². The lowest BCUT2D eigenvalue weighted by molar-refractivity contribution is -0.125. The molecule has 4 rings (SSSR count). The third kappa shape index (κ3) is 3.90. The van der Waals surface area contributed by atoms with E-state index in [0.29, 0.717) is 35.9 Å². The molecule has 0 unspecified atom stereocenters. The van der Waals surface area contributed by atoms with Crippen LogP contribution in [0.25, 0.3) is 11.0 Å². The van der Waals surface area contributed by atoms with E-state index in [9.17, 15) is 9.59 Å². The van der Waals surface area contributed by atoms with Crippen LogP contribution in [-0.4, -0.2) is 66.4 Å². The van der Waals surface area contributed by atoms with Crippen molar-refractivity contribution in [1.29, 1.82) is 0 Å². The van der Waals surface area contributed by atoms with E-state index >= 15 is 0 Å². The molecule has 3 aromatic rings. The molecule has 1 saturated heterocycles. The minimum atomic E-state index is -0.744. The number of aryl methyl sites for hydroxylation is 1. The summed E-state index contributed by atoms with van der Waals surface area (Å²) in [6.07, 6.45) is 3.53. The number of imidazole rings is 1. The zero-order valence-corrected chi connectivity index (χ0v) is 19.9. The Bertz CT molecular complexity index is 1370. The summed E-state index contributed by atoms with van der Waals surface area (Å²) in [5, 5.41) is 7.30. The van der Waals surface area contributed by atoms with Crippen LogP contribution in [0, 0.1) is 11.8 Å². The van der Waals surface area contributed by atoms with Crippen molar-refractivity contribution in [1.82, 2.24) is 24.2 Å². The lowest BCUT2D eigenvalue weighted by Gasteiger charge is -2.27. The fourth-order valence-corrected chi connectivity index (χ4v) is 4.60. The third-order valence-corrected chi connectivity index (χ3v) is 6.57. The number of hydrogen-bond acceptors (Lipinski definition) is 5. The van der Waals surface area contributed by atoms with Crippen molar-refractivity contribution in [2.24, 2.45) is 12.8 Å². The van der Waals surface area contributed by atoms with Crippen molar-refractivity contribution in [3.63, 3.8) is 0 Å². The first kappa shape index (κ1) is 22.6. The van der Waals surface area contributed by atoms with Crippen LogP contribution in [0.4, 0.5) is 5.82 Å². The first-order chi connectivity index (χ1) is 15.7. The average molecular weight is 479 g/mol. The summed E-state index contributed by atoms with van der Waals surface area (Å²) >= 11 is 6.42. The van der Waals surface area contributed by atoms with E-state index in [0.717, 1.165) is 11.0 Å². The van der Waals surface area contributed by atoms with Crippen LogP contribution < -0.4 is 11.1 Å². The van der Waals surface area contributed by atoms with Gasteiger partial charge in [0.2, 0.25) is 5.91 Å². The van der Waals surface area contributed by atoms with E-state index in [1.165, 1.54) is 6.08 Å². The van der Waals surface area contributed by atoms with Gasteiger partial charge in [0.1, 0.15) is 11.4 Å². The highest BCUT2D eigenvalue weighted by atomic mass is 35.5. The minimum absolute atomic E-state index is 0.158. The molecule has 1 aromatic carbocycles. The Labute approximate surface area is 199 Å². The van der Waals surface area contributed by atoms with Crippen LogP contribution >= 0.6 is 11.6 Å². The number of nitrogens with zero attached hydrogens (tertiary/aromatic N) is 5. The van der Waals surface area contributed by atoms with Gasteiger partial charge in [-0.05, 0) is 30.6 Å². The molecule has 2 amide bonds. The van der Waals surface area contributed by atoms with Crippen molar-refractivity contribution >= 4 is 50.5 Å². The normalized spacial score (nSPS) is 17.6. The van der Waals surface area contributed by atoms with Gasteiger partial charge in [-0.15, -0.1) is 0 Å². The van der Waals surface area contributed by atoms with Crippen LogP contribution in [0.1, 0.15) is 28.0 Å². The number of anilines is 1. The standard InChI is InChI=1S/C22H21ClN7O2Si/c1-4-18(31)29-8-7-22(33,11-29)30-21(25-2)19(20(24)32)15(27-30)6-5-13-9-16-17(10-14(13)23)28(3)12-26-16/h4,9-10,12,25H,1,7-8,11H2,2-3H3,(H2,24,32)/t22-/m1/s1. The Morgan fingerprint density at radius 2 is 2.15 bits per heavy atom. The number of nitrogens with two attached hydrogens (primary N) is 1. The molecule has 33 heavy (non-hydrogen) atoms. The average Bonchev–Trinajstić information content (AvgIpc) is 3.47. The van der Waals surface area contributed by atoms with Crippen LogP contribution in [0.15, 0.2) is 31.1 Å². The molecule has 1 aliphatic rings. The van der Waals surface area contributed by atoms with Crippen molar-refractivity contribution in [3.05, 3.63) is 53.0 Å². The molecule has 3 heterocycles. The number of benzene rings is 1. The van der Waals surface area contributed by atoms with Gasteiger partial charge in [0.25, 0.3) is 5.91 Å². The molecule has 0 bridgehead atoms. The number of aromatic nitrogens is 4. The number of carbonyl (C=O) groups is 2. The number of amides is 2. The number of nitrogens with one attached hydrogen (secondary N) is 1. The predicted molar refractivity (Wildman–Crippen MR) is 127 cm³/mol. The molecule has 0 spiro atoms. The Hall–Kier alpha value is -3.55. The number of primary amides is 1. The van der Waals surface area contributed by atoms with Crippen molar-refractivity contribution in [3.8, 4) is 11.8 Å². The van der Waals surface area contributed by atoms with Gasteiger partial charge in [-0.1, -0.05) is 24.1 Å². The molecule has 9 nitrogen and oxygen atoms in total. The molecule has 3 N–H and O–H groups in total. The van der Waals surface area contributed by atoms with E-state index in [2.05, 4.69) is 44.1 Å². The van der Waals surface area contributed by atoms with Gasteiger partial charge in [0, 0.05) is 32.7 Å². The van der Waals surface area contributed by atoms with Gasteiger partial charge in [-0.25, -0.2) is 9.67 Å². The minimum Gasteiger partial charge on any atom is -0.373 e. The third-order valence-electron chi connectivity index (χ3n) is 5.64. The highest BCUT2D eigenvalue weighted by molar-refractivity contribution is 6.32. The molecular formula is C22H21ClN7O2Si. The molecular weight excluding hydrogens is 458 g/mol. The van der Waals surface area contributed by atoms with Gasteiger partial charge in [-0.2, -0.15) is 5.10 Å². The summed E-state index contributed by atoms with van der Waals surface area (Å²) in [6, 6.07) is 3.57. The Kier molecular flexibility index (Phi) is 5.78. The van der Waals surface area contributed by atoms with Gasteiger partial charge in [0.05, 0.1) is 37.8 Å². The second-order valence-corrected chi connectivity index (χ2v) is 9.11. The quantitative estimate of drug-likeness (QED) is 0.332. The first-order valence-electron chi connectivity index (χ1n) is 10.1. The molecule has 3 radical (unpaired) electrons. The zero-order chi connectivity index (χ0) is 23.9. The Morgan fingerprint density at radius 3 is 2.82 bits per heavy atom. The second kappa shape index (κ2) is 8.42. The zero-order valence-electron chi connectivity index (χ0n) is 18.1. The number of hydrogen-bond donors (Lipinski definition) is 2. The van der Waals surface area contributed by atoms with E-state index in [1.54, 1.807) is 35.1 Å². The highest BCUT2D eigenvalue weighted by Crippen LogP contribution is 2.32. The van der Waals surface area contributed by atoms with Gasteiger partial charge in [0.15, 0.2) is 5.69 Å². The summed E-state index contributed by atoms with van der Waals surface area (Å²) in [6.45, 7) is 4.38. The smallest absolute Gasteiger partial charge is 0.255 e. The topological polar surface area (TPSA) is 111 Å². The van der Waals surface area contributed by atoms with E-state index in [4.69, 9.17) is 17.3 Å². The van der Waals surface area contributed by atoms with Gasteiger partial charge >= 0.3 is 0 Å². The molecule has 0 aliphatic carbocycles. The lowest BCUT2D eigenvalue weighted by atomic mass is 10.1. The largest absolute Gasteiger partial charge is 0.373 e. The summed E-state index contributed by atoms with van der Waals surface area (Å²) < 4.78 is 3.48. The highest BCUT2D eigenvalue weighted by Gasteiger charge is 2.40. The first-order valence-corrected chi connectivity index (χ1v) is 11.0. The summed E-state index contributed by atoms with van der Waals surface area (Å²) in [5.74, 6) is 5.49. The molecule has 1 aliphatic heterocycles. The van der Waals surface area contributed by atoms with Crippen molar-refractivity contribution in [2.75, 3.05) is 25.5 Å². The van der Waals surface area contributed by atoms with Crippen LogP contribution in [0.5, 0.6) is 0 Å². The number of likely N-dealkylation sites (tertiary alicyclic amines) is 1. The van der Waals surface area contributed by atoms with Crippen molar-refractivity contribution in [2.45, 2.75) is 11.6 Å². The Morgan fingerprint density at radius 1 is 1.39 bits per heavy atom. The van der Waals surface area contributed by atoms with Crippen LogP contribution in [-0.2, 0) is 17.0 Å². The maximum absolute atomic E-state index is 12.3. The molecule has 0 saturated carbocycles. The summed E-state index contributed by atoms with van der Waals surface area (Å²) in [7, 11) is 7.33. The predicted octanol–water partition coefficient (Wildman–Crippen LogP) is 1.20. The molecule has 1 atom stereocenters. The summed E-state index contributed by atoms with van der Waals surface area (Å²) in [4.78, 5) is 30.4. The van der Waals surface area contributed by atoms with Crippen molar-refractivity contribution < 1.29 is 9.59 Å². The van der Waals surface area contributed by atoms with Crippen LogP contribution in [0.3, 0.4) is 0 Å². The molecule has 2 aromatic heterocycles. The Balaban J connectivity index is 1.79. The van der Waals surface area contributed by atoms with E-state index in [1.807, 2.05) is 11.6 Å². The fraction of sp³-hybridized carbons (Fsp3) is 0.273. The number of fused-ring (bicyclic) bond motifs is 1. The van der Waals surface area contributed by atoms with Gasteiger partial charge < -0.3 is 20.5 Å². The van der Waals surface area contributed by atoms with E-state index < -0.39 is 11.1 Å². The molecule has 11 heteroatoms. The number of carbonyl (C=O) groups excluding carboxylic acids is 2. The van der Waals surface area contributed by atoms with Gasteiger partial charge in [-0.3, -0.25) is 9.59 Å². The lowest BCUT2D eigenvalue weighted by Crippen LogP contribution is -2.40. The molecule has 1 fully saturated rings. The number of halogens is 1. The second-order valence-electron chi connectivity index (χ2n) is 7.77.